The number of hydrogen-bond donors (Lipinski definition) is 0. The highest BCUT2D eigenvalue weighted by molar-refractivity contribution is 6.35. The summed E-state index contributed by atoms with van der Waals surface area (Å²) in [7, 11) is 0. The van der Waals surface area contributed by atoms with Crippen molar-refractivity contribution in [3.63, 3.8) is 0 Å². The summed E-state index contributed by atoms with van der Waals surface area (Å²) in [6.45, 7) is 4.17. The largest absolute Gasteiger partial charge is 0.491 e. The molecule has 3 aromatic rings. The van der Waals surface area contributed by atoms with Crippen LogP contribution in [-0.4, -0.2) is 66.4 Å². The molecule has 2 aliphatic rings. The van der Waals surface area contributed by atoms with Crippen LogP contribution in [0, 0.1) is 0 Å². The Balaban J connectivity index is 1.23. The molecule has 1 aromatic heterocycles. The van der Waals surface area contributed by atoms with Crippen LogP contribution < -0.4 is 9.64 Å². The molecule has 0 bridgehead atoms. The summed E-state index contributed by atoms with van der Waals surface area (Å²) in [5, 5.41) is 1.02. The Kier molecular flexibility index (Phi) is 7.15. The van der Waals surface area contributed by atoms with Crippen molar-refractivity contribution < 1.29 is 19.0 Å². The fraction of sp³-hybridized carbons (Fsp3) is 0.360. The van der Waals surface area contributed by atoms with Gasteiger partial charge in [0.15, 0.2) is 0 Å². The molecular weight excluding hydrogens is 491 g/mol. The Morgan fingerprint density at radius 3 is 2.60 bits per heavy atom. The third-order valence-electron chi connectivity index (χ3n) is 6.25. The van der Waals surface area contributed by atoms with E-state index in [9.17, 15) is 4.79 Å². The third-order valence-corrected chi connectivity index (χ3v) is 6.80. The molecule has 1 amide bonds. The highest BCUT2D eigenvalue weighted by atomic mass is 35.5. The molecule has 2 atom stereocenters. The zero-order valence-electron chi connectivity index (χ0n) is 19.1. The third kappa shape index (κ3) is 5.41. The van der Waals surface area contributed by atoms with Crippen molar-refractivity contribution >= 4 is 35.3 Å². The van der Waals surface area contributed by atoms with E-state index in [1.807, 2.05) is 41.1 Å². The molecule has 0 radical (unpaired) electrons. The zero-order valence-corrected chi connectivity index (χ0v) is 20.6. The van der Waals surface area contributed by atoms with Crippen LogP contribution in [-0.2, 0) is 26.6 Å². The Labute approximate surface area is 213 Å². The molecule has 184 valence electrons. The molecule has 0 spiro atoms. The number of imidazole rings is 1. The van der Waals surface area contributed by atoms with Crippen molar-refractivity contribution in [3.05, 3.63) is 76.8 Å². The molecule has 0 unspecified atom stereocenters. The number of piperazine rings is 1. The quantitative estimate of drug-likeness (QED) is 0.424. The van der Waals surface area contributed by atoms with Crippen LogP contribution in [0.25, 0.3) is 0 Å². The second kappa shape index (κ2) is 10.5. The first kappa shape index (κ1) is 23.9. The molecule has 3 heterocycles. The molecule has 0 N–H and O–H groups in total. The van der Waals surface area contributed by atoms with Crippen molar-refractivity contribution in [2.75, 3.05) is 44.3 Å². The van der Waals surface area contributed by atoms with Gasteiger partial charge in [-0.05, 0) is 36.4 Å². The number of benzene rings is 2. The van der Waals surface area contributed by atoms with Gasteiger partial charge in [0.2, 0.25) is 12.2 Å². The van der Waals surface area contributed by atoms with E-state index in [4.69, 9.17) is 37.4 Å². The van der Waals surface area contributed by atoms with Gasteiger partial charge in [-0.2, -0.15) is 0 Å². The molecular formula is C25H26Cl2N4O4. The number of ether oxygens (including phenoxy) is 3. The van der Waals surface area contributed by atoms with Gasteiger partial charge in [0.05, 0.1) is 24.5 Å². The van der Waals surface area contributed by atoms with Gasteiger partial charge in [-0.1, -0.05) is 29.3 Å². The summed E-state index contributed by atoms with van der Waals surface area (Å²) >= 11 is 12.6. The number of hydrogen-bond acceptors (Lipinski definition) is 6. The highest BCUT2D eigenvalue weighted by Crippen LogP contribution is 2.40. The van der Waals surface area contributed by atoms with Crippen molar-refractivity contribution in [1.82, 2.24) is 14.5 Å². The van der Waals surface area contributed by atoms with Crippen LogP contribution >= 0.6 is 23.2 Å². The fourth-order valence-electron chi connectivity index (χ4n) is 4.40. The van der Waals surface area contributed by atoms with Crippen molar-refractivity contribution in [2.24, 2.45) is 0 Å². The molecule has 2 fully saturated rings. The highest BCUT2D eigenvalue weighted by Gasteiger charge is 2.45. The lowest BCUT2D eigenvalue weighted by Gasteiger charge is -2.34. The summed E-state index contributed by atoms with van der Waals surface area (Å²) < 4.78 is 20.6. The number of aromatic nitrogens is 2. The van der Waals surface area contributed by atoms with Gasteiger partial charge in [-0.3, -0.25) is 4.79 Å². The molecule has 5 rings (SSSR count). The minimum atomic E-state index is -1.08. The normalized spacial score (nSPS) is 22.4. The summed E-state index contributed by atoms with van der Waals surface area (Å²) in [6.07, 6.45) is 5.89. The lowest BCUT2D eigenvalue weighted by Crippen LogP contribution is -2.45. The molecule has 0 aliphatic carbocycles. The maximum absolute atomic E-state index is 10.9. The Bertz CT molecular complexity index is 1140. The van der Waals surface area contributed by atoms with E-state index in [1.165, 1.54) is 0 Å². The zero-order chi connectivity index (χ0) is 24.3. The maximum atomic E-state index is 10.9. The summed E-state index contributed by atoms with van der Waals surface area (Å²) in [5.41, 5.74) is 1.82. The minimum absolute atomic E-state index is 0.290. The van der Waals surface area contributed by atoms with Gasteiger partial charge in [0.1, 0.15) is 18.5 Å². The number of anilines is 1. The number of halogens is 2. The van der Waals surface area contributed by atoms with Crippen LogP contribution in [0.15, 0.2) is 61.2 Å². The van der Waals surface area contributed by atoms with E-state index in [2.05, 4.69) is 9.88 Å². The predicted octanol–water partition coefficient (Wildman–Crippen LogP) is 3.82. The number of amides is 1. The molecule has 35 heavy (non-hydrogen) atoms. The minimum Gasteiger partial charge on any atom is -0.491 e. The van der Waals surface area contributed by atoms with Gasteiger partial charge in [0.25, 0.3) is 0 Å². The van der Waals surface area contributed by atoms with Crippen LogP contribution in [0.5, 0.6) is 5.75 Å². The average molecular weight is 517 g/mol. The lowest BCUT2D eigenvalue weighted by atomic mass is 10.1. The van der Waals surface area contributed by atoms with E-state index in [1.54, 1.807) is 29.6 Å². The number of carbonyl (C=O) groups excluding carboxylic acids is 1. The Hall–Kier alpha value is -2.78. The van der Waals surface area contributed by atoms with Gasteiger partial charge < -0.3 is 28.6 Å². The first-order chi connectivity index (χ1) is 17.0. The first-order valence-electron chi connectivity index (χ1n) is 11.4. The SMILES string of the molecule is O=CN1CCN(c2ccc(OC[C@H]3CO[C@](Cn4ccnc4)(c4ccc(Cl)cc4Cl)O3)cc2)CC1. The molecule has 10 heteroatoms. The second-order valence-corrected chi connectivity index (χ2v) is 9.44. The van der Waals surface area contributed by atoms with E-state index in [-0.39, 0.29) is 6.10 Å². The maximum Gasteiger partial charge on any atom is 0.215 e. The number of nitrogens with zero attached hydrogens (tertiary/aromatic N) is 4. The summed E-state index contributed by atoms with van der Waals surface area (Å²) in [5.74, 6) is -0.329. The molecule has 0 saturated carbocycles. The first-order valence-corrected chi connectivity index (χ1v) is 12.2. The molecule has 2 saturated heterocycles. The molecule has 2 aliphatic heterocycles. The summed E-state index contributed by atoms with van der Waals surface area (Å²) in [4.78, 5) is 19.1. The van der Waals surface area contributed by atoms with Crippen molar-refractivity contribution in [3.8, 4) is 5.75 Å². The van der Waals surface area contributed by atoms with E-state index in [0.717, 1.165) is 44.0 Å². The predicted molar refractivity (Wildman–Crippen MR) is 133 cm³/mol. The average Bonchev–Trinajstić information content (AvgIpc) is 3.54. The topological polar surface area (TPSA) is 69.1 Å². The Morgan fingerprint density at radius 1 is 1.11 bits per heavy atom. The van der Waals surface area contributed by atoms with Gasteiger partial charge in [0, 0.05) is 54.8 Å². The monoisotopic (exact) mass is 516 g/mol. The van der Waals surface area contributed by atoms with Crippen LogP contribution in [0.4, 0.5) is 5.69 Å². The van der Waals surface area contributed by atoms with Gasteiger partial charge >= 0.3 is 0 Å². The van der Waals surface area contributed by atoms with E-state index < -0.39 is 5.79 Å². The summed E-state index contributed by atoms with van der Waals surface area (Å²) in [6, 6.07) is 13.3. The standard InChI is InChI=1S/C25H26Cl2N4O4/c26-19-1-6-23(24(27)13-19)25(16-30-8-7-28-17-30)34-15-22(35-25)14-33-21-4-2-20(3-5-21)31-11-9-29(18-32)10-12-31/h1-8,13,17-18,22H,9-12,14-16H2/t22-,25-/m0/s1. The number of carbonyl (C=O) groups is 1. The van der Waals surface area contributed by atoms with Gasteiger partial charge in [-0.15, -0.1) is 0 Å². The molecule has 8 nitrogen and oxygen atoms in total. The van der Waals surface area contributed by atoms with Gasteiger partial charge in [-0.25, -0.2) is 4.98 Å². The van der Waals surface area contributed by atoms with Crippen LogP contribution in [0.2, 0.25) is 10.0 Å². The smallest absolute Gasteiger partial charge is 0.215 e. The van der Waals surface area contributed by atoms with E-state index >= 15 is 0 Å². The van der Waals surface area contributed by atoms with E-state index in [0.29, 0.717) is 35.4 Å². The number of rotatable bonds is 8. The van der Waals surface area contributed by atoms with Crippen LogP contribution in [0.3, 0.4) is 0 Å². The van der Waals surface area contributed by atoms with Crippen LogP contribution in [0.1, 0.15) is 5.56 Å². The Morgan fingerprint density at radius 2 is 1.91 bits per heavy atom. The fourth-order valence-corrected chi connectivity index (χ4v) is 4.96. The molecule has 2 aromatic carbocycles. The lowest BCUT2D eigenvalue weighted by molar-refractivity contribution is -0.189. The second-order valence-electron chi connectivity index (χ2n) is 8.60. The van der Waals surface area contributed by atoms with Crippen molar-refractivity contribution in [2.45, 2.75) is 18.4 Å². The van der Waals surface area contributed by atoms with Crippen molar-refractivity contribution in [1.29, 1.82) is 0 Å².